The molecule has 0 aliphatic carbocycles. The van der Waals surface area contributed by atoms with Crippen LogP contribution in [0.2, 0.25) is 0 Å². The van der Waals surface area contributed by atoms with Crippen molar-refractivity contribution in [2.75, 3.05) is 14.1 Å². The van der Waals surface area contributed by atoms with Gasteiger partial charge in [0.1, 0.15) is 5.69 Å². The number of nitrogens with zero attached hydrogens (tertiary/aromatic N) is 1. The maximum absolute atomic E-state index is 3.99. The van der Waals surface area contributed by atoms with Crippen molar-refractivity contribution in [1.29, 1.82) is 0 Å². The molecule has 0 heterocycles. The van der Waals surface area contributed by atoms with E-state index in [4.69, 9.17) is 0 Å². The second-order valence-electron chi connectivity index (χ2n) is 7.99. The van der Waals surface area contributed by atoms with E-state index in [0.29, 0.717) is 0 Å². The summed E-state index contributed by atoms with van der Waals surface area (Å²) in [6.07, 6.45) is 20.2. The minimum atomic E-state index is 0.758. The molecule has 0 spiro atoms. The third-order valence-electron chi connectivity index (χ3n) is 5.37. The topological polar surface area (TPSA) is 0 Å². The lowest BCUT2D eigenvalue weighted by Gasteiger charge is -2.26. The van der Waals surface area contributed by atoms with E-state index in [2.05, 4.69) is 51.9 Å². The minimum Gasteiger partial charge on any atom is -0.270 e. The van der Waals surface area contributed by atoms with E-state index in [0.717, 1.165) is 4.48 Å². The molecule has 0 aliphatic heterocycles. The Morgan fingerprint density at radius 1 is 0.760 bits per heavy atom. The fourth-order valence-electron chi connectivity index (χ4n) is 3.54. The highest BCUT2D eigenvalue weighted by Gasteiger charge is 2.18. The average molecular weight is 345 g/mol. The highest BCUT2D eigenvalue weighted by Crippen LogP contribution is 2.26. The Kier molecular flexibility index (Phi) is 11.6. The van der Waals surface area contributed by atoms with Gasteiger partial charge in [0.25, 0.3) is 0 Å². The number of quaternary nitrogens is 1. The molecule has 1 heteroatoms. The Balaban J connectivity index is 2.10. The van der Waals surface area contributed by atoms with Gasteiger partial charge in [-0.25, -0.2) is 0 Å². The van der Waals surface area contributed by atoms with E-state index in [1.165, 1.54) is 94.7 Å². The van der Waals surface area contributed by atoms with Crippen LogP contribution in [-0.2, 0) is 6.42 Å². The van der Waals surface area contributed by atoms with Crippen molar-refractivity contribution < 1.29 is 0 Å². The number of para-hydroxylation sites is 1. The fourth-order valence-corrected chi connectivity index (χ4v) is 3.54. The molecule has 1 rings (SSSR count). The summed E-state index contributed by atoms with van der Waals surface area (Å²) in [7, 11) is 4.40. The van der Waals surface area contributed by atoms with Crippen LogP contribution in [0, 0.1) is 0 Å². The van der Waals surface area contributed by atoms with Gasteiger partial charge in [-0.1, -0.05) is 95.8 Å². The second kappa shape index (κ2) is 13.2. The van der Waals surface area contributed by atoms with E-state index < -0.39 is 0 Å². The van der Waals surface area contributed by atoms with Crippen LogP contribution >= 0.6 is 0 Å². The zero-order chi connectivity index (χ0) is 18.4. The lowest BCUT2D eigenvalue weighted by molar-refractivity contribution is 0.529. The molecule has 0 unspecified atom stereocenters. The predicted octanol–water partition coefficient (Wildman–Crippen LogP) is 7.64. The number of hydrogen-bond donors (Lipinski definition) is 0. The van der Waals surface area contributed by atoms with Crippen LogP contribution in [0.3, 0.4) is 0 Å². The smallest absolute Gasteiger partial charge is 0.140 e. The SMILES string of the molecule is C=C[N+](C)(C)c1ccccc1CCCCCCCCCCCCCC. The van der Waals surface area contributed by atoms with Gasteiger partial charge < -0.3 is 0 Å². The molecule has 0 atom stereocenters. The molecule has 1 nitrogen and oxygen atoms in total. The Labute approximate surface area is 157 Å². The minimum absolute atomic E-state index is 0.758. The van der Waals surface area contributed by atoms with Crippen LogP contribution in [0.4, 0.5) is 5.69 Å². The monoisotopic (exact) mass is 344 g/mol. The first-order chi connectivity index (χ1) is 12.1. The second-order valence-corrected chi connectivity index (χ2v) is 7.99. The Morgan fingerprint density at radius 3 is 1.76 bits per heavy atom. The van der Waals surface area contributed by atoms with Crippen molar-refractivity contribution in [3.05, 3.63) is 42.6 Å². The first-order valence-corrected chi connectivity index (χ1v) is 10.7. The highest BCUT2D eigenvalue weighted by molar-refractivity contribution is 5.51. The summed E-state index contributed by atoms with van der Waals surface area (Å²) in [5, 5.41) is 0. The molecule has 0 fully saturated rings. The number of hydrogen-bond acceptors (Lipinski definition) is 0. The summed E-state index contributed by atoms with van der Waals surface area (Å²) in [5.74, 6) is 0. The molecular weight excluding hydrogens is 302 g/mol. The van der Waals surface area contributed by atoms with Gasteiger partial charge in [0.2, 0.25) is 0 Å². The van der Waals surface area contributed by atoms with Crippen molar-refractivity contribution in [1.82, 2.24) is 4.48 Å². The van der Waals surface area contributed by atoms with Crippen molar-refractivity contribution in [2.45, 2.75) is 90.4 Å². The van der Waals surface area contributed by atoms with E-state index >= 15 is 0 Å². The maximum Gasteiger partial charge on any atom is 0.140 e. The van der Waals surface area contributed by atoms with E-state index in [9.17, 15) is 0 Å². The van der Waals surface area contributed by atoms with E-state index in [1.54, 1.807) is 0 Å². The Hall–Kier alpha value is -1.08. The fraction of sp³-hybridized carbons (Fsp3) is 0.667. The third kappa shape index (κ3) is 9.26. The molecule has 0 aromatic heterocycles. The van der Waals surface area contributed by atoms with Crippen molar-refractivity contribution in [2.24, 2.45) is 0 Å². The predicted molar refractivity (Wildman–Crippen MR) is 115 cm³/mol. The molecule has 1 aromatic carbocycles. The number of aryl methyl sites for hydroxylation is 1. The molecule has 0 N–H and O–H groups in total. The first-order valence-electron chi connectivity index (χ1n) is 10.7. The summed E-state index contributed by atoms with van der Waals surface area (Å²) in [4.78, 5) is 0. The van der Waals surface area contributed by atoms with Crippen LogP contribution in [0.25, 0.3) is 0 Å². The van der Waals surface area contributed by atoms with Gasteiger partial charge in [0, 0.05) is 5.56 Å². The summed E-state index contributed by atoms with van der Waals surface area (Å²) < 4.78 is 0.758. The van der Waals surface area contributed by atoms with Crippen LogP contribution in [0.15, 0.2) is 37.0 Å². The Morgan fingerprint density at radius 2 is 1.24 bits per heavy atom. The molecule has 142 valence electrons. The van der Waals surface area contributed by atoms with Crippen molar-refractivity contribution in [3.63, 3.8) is 0 Å². The number of benzene rings is 1. The lowest BCUT2D eigenvalue weighted by Crippen LogP contribution is -2.34. The largest absolute Gasteiger partial charge is 0.270 e. The highest BCUT2D eigenvalue weighted by atomic mass is 15.3. The molecule has 0 amide bonds. The van der Waals surface area contributed by atoms with Crippen LogP contribution in [0.5, 0.6) is 0 Å². The molecule has 0 saturated heterocycles. The average Bonchev–Trinajstić information content (AvgIpc) is 2.63. The molecule has 0 aliphatic rings. The van der Waals surface area contributed by atoms with Gasteiger partial charge in [-0.3, -0.25) is 4.48 Å². The first kappa shape index (κ1) is 22.0. The summed E-state index contributed by atoms with van der Waals surface area (Å²) in [6, 6.07) is 8.85. The number of unbranched alkanes of at least 4 members (excludes halogenated alkanes) is 11. The van der Waals surface area contributed by atoms with E-state index in [1.807, 2.05) is 6.20 Å². The van der Waals surface area contributed by atoms with Gasteiger partial charge in [-0.15, -0.1) is 0 Å². The van der Waals surface area contributed by atoms with Crippen molar-refractivity contribution in [3.8, 4) is 0 Å². The summed E-state index contributed by atoms with van der Waals surface area (Å²) in [6.45, 7) is 6.28. The lowest BCUT2D eigenvalue weighted by atomic mass is 10.0. The van der Waals surface area contributed by atoms with Gasteiger partial charge in [0.05, 0.1) is 20.3 Å². The molecule has 1 aromatic rings. The maximum atomic E-state index is 3.99. The molecule has 0 radical (unpaired) electrons. The summed E-state index contributed by atoms with van der Waals surface area (Å²) >= 11 is 0. The normalized spacial score (nSPS) is 11.6. The van der Waals surface area contributed by atoms with Crippen LogP contribution < -0.4 is 4.48 Å². The zero-order valence-corrected chi connectivity index (χ0v) is 17.2. The van der Waals surface area contributed by atoms with Crippen LogP contribution in [-0.4, -0.2) is 14.1 Å². The van der Waals surface area contributed by atoms with E-state index in [-0.39, 0.29) is 0 Å². The zero-order valence-electron chi connectivity index (χ0n) is 17.2. The van der Waals surface area contributed by atoms with Gasteiger partial charge in [0.15, 0.2) is 0 Å². The quantitative estimate of drug-likeness (QED) is 0.226. The molecular formula is C24H42N+. The van der Waals surface area contributed by atoms with Crippen LogP contribution in [0.1, 0.15) is 89.5 Å². The van der Waals surface area contributed by atoms with Gasteiger partial charge in [-0.05, 0) is 25.5 Å². The molecule has 0 bridgehead atoms. The van der Waals surface area contributed by atoms with Gasteiger partial charge >= 0.3 is 0 Å². The van der Waals surface area contributed by atoms with Gasteiger partial charge in [-0.2, -0.15) is 0 Å². The van der Waals surface area contributed by atoms with Crippen molar-refractivity contribution >= 4 is 5.69 Å². The third-order valence-corrected chi connectivity index (χ3v) is 5.37. The summed E-state index contributed by atoms with van der Waals surface area (Å²) in [5.41, 5.74) is 2.88. The Bertz CT molecular complexity index is 461. The standard InChI is InChI=1S/C24H42N/c1-5-7-8-9-10-11-12-13-14-15-16-17-20-23-21-18-19-22-24(23)25(3,4)6-2/h6,18-19,21-22H,2,5,7-17,20H2,1,3-4H3/q+1. The molecule has 25 heavy (non-hydrogen) atoms. The molecule has 0 saturated carbocycles. The number of rotatable bonds is 15.